The quantitative estimate of drug-likeness (QED) is 0.800. The molecular weight excluding hydrogens is 212 g/mol. The van der Waals surface area contributed by atoms with Gasteiger partial charge in [0.05, 0.1) is 0 Å². The number of nitrogens with zero attached hydrogens (tertiary/aromatic N) is 1. The minimum atomic E-state index is 0.0867. The summed E-state index contributed by atoms with van der Waals surface area (Å²) in [6.45, 7) is 6.05. The Labute approximate surface area is 102 Å². The smallest absolute Gasteiger partial charge is 0.254 e. The fourth-order valence-electron chi connectivity index (χ4n) is 2.21. The minimum absolute atomic E-state index is 0.0867. The number of hydrogen-bond donors (Lipinski definition) is 1. The van der Waals surface area contributed by atoms with Crippen LogP contribution < -0.4 is 5.32 Å². The third-order valence-electron chi connectivity index (χ3n) is 3.12. The van der Waals surface area contributed by atoms with Crippen molar-refractivity contribution in [3.63, 3.8) is 0 Å². The van der Waals surface area contributed by atoms with E-state index in [0.717, 1.165) is 25.1 Å². The van der Waals surface area contributed by atoms with Gasteiger partial charge in [0.1, 0.15) is 0 Å². The first-order chi connectivity index (χ1) is 8.24. The fraction of sp³-hybridized carbons (Fsp3) is 0.357. The number of carbonyl (C=O) groups excluding carboxylic acids is 1. The van der Waals surface area contributed by atoms with Crippen LogP contribution in [0, 0.1) is 0 Å². The van der Waals surface area contributed by atoms with Gasteiger partial charge in [-0.15, -0.1) is 6.58 Å². The van der Waals surface area contributed by atoms with Crippen molar-refractivity contribution in [1.82, 2.24) is 10.2 Å². The molecular formula is C14H18N2O. The lowest BCUT2D eigenvalue weighted by atomic mass is 9.95. The SMILES string of the molecule is C=CCN(C)C(=O)c1cccc2c1CCNC2. The van der Waals surface area contributed by atoms with Crippen molar-refractivity contribution in [3.05, 3.63) is 47.5 Å². The number of hydrogen-bond acceptors (Lipinski definition) is 2. The molecule has 1 heterocycles. The first-order valence-electron chi connectivity index (χ1n) is 5.92. The summed E-state index contributed by atoms with van der Waals surface area (Å²) in [4.78, 5) is 14.0. The van der Waals surface area contributed by atoms with Gasteiger partial charge in [-0.3, -0.25) is 4.79 Å². The van der Waals surface area contributed by atoms with Crippen LogP contribution in [0.1, 0.15) is 21.5 Å². The van der Waals surface area contributed by atoms with Gasteiger partial charge in [-0.1, -0.05) is 18.2 Å². The summed E-state index contributed by atoms with van der Waals surface area (Å²) in [5.74, 6) is 0.0867. The number of amides is 1. The predicted octanol–water partition coefficient (Wildman–Crippen LogP) is 1.59. The van der Waals surface area contributed by atoms with E-state index in [1.54, 1.807) is 11.0 Å². The number of likely N-dealkylation sites (N-methyl/N-ethyl adjacent to an activating group) is 1. The molecule has 2 rings (SSSR count). The molecule has 1 aliphatic heterocycles. The lowest BCUT2D eigenvalue weighted by Crippen LogP contribution is -2.31. The van der Waals surface area contributed by atoms with Crippen molar-refractivity contribution in [1.29, 1.82) is 0 Å². The van der Waals surface area contributed by atoms with E-state index in [2.05, 4.69) is 18.0 Å². The summed E-state index contributed by atoms with van der Waals surface area (Å²) in [5.41, 5.74) is 3.29. The van der Waals surface area contributed by atoms with E-state index in [0.29, 0.717) is 6.54 Å². The van der Waals surface area contributed by atoms with Crippen LogP contribution >= 0.6 is 0 Å². The van der Waals surface area contributed by atoms with Crippen LogP contribution in [-0.2, 0) is 13.0 Å². The summed E-state index contributed by atoms with van der Waals surface area (Å²) >= 11 is 0. The highest BCUT2D eigenvalue weighted by atomic mass is 16.2. The lowest BCUT2D eigenvalue weighted by molar-refractivity contribution is 0.0809. The van der Waals surface area contributed by atoms with Crippen molar-refractivity contribution in [2.75, 3.05) is 20.1 Å². The normalized spacial score (nSPS) is 13.9. The molecule has 0 saturated heterocycles. The number of nitrogens with one attached hydrogen (secondary N) is 1. The lowest BCUT2D eigenvalue weighted by Gasteiger charge is -2.22. The second-order valence-corrected chi connectivity index (χ2v) is 4.34. The molecule has 1 aliphatic rings. The van der Waals surface area contributed by atoms with E-state index < -0.39 is 0 Å². The molecule has 1 aromatic carbocycles. The Morgan fingerprint density at radius 1 is 1.59 bits per heavy atom. The topological polar surface area (TPSA) is 32.3 Å². The molecule has 1 amide bonds. The van der Waals surface area contributed by atoms with Crippen molar-refractivity contribution in [2.45, 2.75) is 13.0 Å². The summed E-state index contributed by atoms with van der Waals surface area (Å²) in [5, 5.41) is 3.32. The summed E-state index contributed by atoms with van der Waals surface area (Å²) in [6.07, 6.45) is 2.67. The van der Waals surface area contributed by atoms with Crippen LogP contribution in [0.3, 0.4) is 0 Å². The highest BCUT2D eigenvalue weighted by Gasteiger charge is 2.18. The Morgan fingerprint density at radius 3 is 3.18 bits per heavy atom. The Kier molecular flexibility index (Phi) is 3.59. The van der Waals surface area contributed by atoms with Gasteiger partial charge in [0.25, 0.3) is 5.91 Å². The second kappa shape index (κ2) is 5.15. The summed E-state index contributed by atoms with van der Waals surface area (Å²) in [7, 11) is 1.81. The molecule has 90 valence electrons. The molecule has 0 saturated carbocycles. The molecule has 0 atom stereocenters. The van der Waals surface area contributed by atoms with Gasteiger partial charge in [-0.2, -0.15) is 0 Å². The number of fused-ring (bicyclic) bond motifs is 1. The van der Waals surface area contributed by atoms with Crippen LogP contribution in [0.5, 0.6) is 0 Å². The van der Waals surface area contributed by atoms with E-state index in [-0.39, 0.29) is 5.91 Å². The van der Waals surface area contributed by atoms with Gasteiger partial charge >= 0.3 is 0 Å². The minimum Gasteiger partial charge on any atom is -0.338 e. The fourth-order valence-corrected chi connectivity index (χ4v) is 2.21. The molecule has 1 N–H and O–H groups in total. The number of carbonyl (C=O) groups is 1. The van der Waals surface area contributed by atoms with Crippen LogP contribution in [0.2, 0.25) is 0 Å². The zero-order valence-corrected chi connectivity index (χ0v) is 10.2. The molecule has 0 aliphatic carbocycles. The average molecular weight is 230 g/mol. The third kappa shape index (κ3) is 2.39. The van der Waals surface area contributed by atoms with E-state index >= 15 is 0 Å². The molecule has 3 heteroatoms. The Bertz CT molecular complexity index is 440. The molecule has 3 nitrogen and oxygen atoms in total. The van der Waals surface area contributed by atoms with Gasteiger partial charge in [-0.05, 0) is 30.2 Å². The molecule has 0 radical (unpaired) electrons. The molecule has 0 spiro atoms. The van der Waals surface area contributed by atoms with Crippen molar-refractivity contribution >= 4 is 5.91 Å². The van der Waals surface area contributed by atoms with E-state index in [4.69, 9.17) is 0 Å². The molecule has 0 aromatic heterocycles. The molecule has 17 heavy (non-hydrogen) atoms. The standard InChI is InChI=1S/C14H18N2O/c1-3-9-16(2)14(17)13-6-4-5-11-10-15-8-7-12(11)13/h3-6,15H,1,7-10H2,2H3. The summed E-state index contributed by atoms with van der Waals surface area (Å²) < 4.78 is 0. The Hall–Kier alpha value is -1.61. The van der Waals surface area contributed by atoms with Gasteiger partial charge in [-0.25, -0.2) is 0 Å². The maximum atomic E-state index is 12.3. The Balaban J connectivity index is 2.32. The molecule has 0 bridgehead atoms. The monoisotopic (exact) mass is 230 g/mol. The highest BCUT2D eigenvalue weighted by molar-refractivity contribution is 5.96. The number of benzene rings is 1. The molecule has 0 fully saturated rings. The van der Waals surface area contributed by atoms with Crippen molar-refractivity contribution in [2.24, 2.45) is 0 Å². The maximum Gasteiger partial charge on any atom is 0.254 e. The first-order valence-corrected chi connectivity index (χ1v) is 5.92. The van der Waals surface area contributed by atoms with Crippen molar-refractivity contribution in [3.8, 4) is 0 Å². The predicted molar refractivity (Wildman–Crippen MR) is 69.0 cm³/mol. The van der Waals surface area contributed by atoms with Gasteiger partial charge in [0.15, 0.2) is 0 Å². The number of rotatable bonds is 3. The highest BCUT2D eigenvalue weighted by Crippen LogP contribution is 2.19. The van der Waals surface area contributed by atoms with Gasteiger partial charge in [0, 0.05) is 25.7 Å². The van der Waals surface area contributed by atoms with E-state index in [9.17, 15) is 4.79 Å². The average Bonchev–Trinajstić information content (AvgIpc) is 2.37. The zero-order chi connectivity index (χ0) is 12.3. The van der Waals surface area contributed by atoms with E-state index in [1.807, 2.05) is 19.2 Å². The van der Waals surface area contributed by atoms with E-state index in [1.165, 1.54) is 11.1 Å². The molecule has 0 unspecified atom stereocenters. The van der Waals surface area contributed by atoms with Crippen molar-refractivity contribution < 1.29 is 4.79 Å². The van der Waals surface area contributed by atoms with Gasteiger partial charge in [0.2, 0.25) is 0 Å². The summed E-state index contributed by atoms with van der Waals surface area (Å²) in [6, 6.07) is 5.97. The zero-order valence-electron chi connectivity index (χ0n) is 10.2. The first kappa shape index (κ1) is 11.9. The largest absolute Gasteiger partial charge is 0.338 e. The van der Waals surface area contributed by atoms with Crippen LogP contribution in [-0.4, -0.2) is 30.9 Å². The van der Waals surface area contributed by atoms with Crippen LogP contribution in [0.4, 0.5) is 0 Å². The third-order valence-corrected chi connectivity index (χ3v) is 3.12. The maximum absolute atomic E-state index is 12.3. The van der Waals surface area contributed by atoms with Crippen LogP contribution in [0.25, 0.3) is 0 Å². The Morgan fingerprint density at radius 2 is 2.41 bits per heavy atom. The van der Waals surface area contributed by atoms with Crippen LogP contribution in [0.15, 0.2) is 30.9 Å². The molecule has 1 aromatic rings. The second-order valence-electron chi connectivity index (χ2n) is 4.34. The van der Waals surface area contributed by atoms with Gasteiger partial charge < -0.3 is 10.2 Å².